The number of hydrogen-bond acceptors (Lipinski definition) is 6. The molecule has 1 amide bonds. The van der Waals surface area contributed by atoms with Crippen LogP contribution in [-0.2, 0) is 11.2 Å². The van der Waals surface area contributed by atoms with Crippen LogP contribution in [0.25, 0.3) is 11.1 Å². The summed E-state index contributed by atoms with van der Waals surface area (Å²) in [5.41, 5.74) is 2.96. The lowest BCUT2D eigenvalue weighted by molar-refractivity contribution is 0.0384. The molecule has 0 atom stereocenters. The van der Waals surface area contributed by atoms with E-state index in [9.17, 15) is 9.59 Å². The van der Waals surface area contributed by atoms with Gasteiger partial charge in [-0.2, -0.15) is 0 Å². The molecule has 2 N–H and O–H groups in total. The number of ether oxygens (including phenoxy) is 3. The van der Waals surface area contributed by atoms with Gasteiger partial charge in [0.05, 0.1) is 13.2 Å². The first-order valence-corrected chi connectivity index (χ1v) is 11.0. The third-order valence-electron chi connectivity index (χ3n) is 5.89. The third kappa shape index (κ3) is 4.92. The normalized spacial score (nSPS) is 15.4. The molecule has 0 unspecified atom stereocenters. The van der Waals surface area contributed by atoms with E-state index in [0.717, 1.165) is 44.8 Å². The van der Waals surface area contributed by atoms with Crippen molar-refractivity contribution in [2.45, 2.75) is 6.42 Å². The zero-order chi connectivity index (χ0) is 22.6. The van der Waals surface area contributed by atoms with Crippen LogP contribution in [0.2, 0.25) is 0 Å². The van der Waals surface area contributed by atoms with Crippen LogP contribution in [0.4, 0.5) is 5.69 Å². The van der Waals surface area contributed by atoms with Gasteiger partial charge in [-0.05, 0) is 53.4 Å². The van der Waals surface area contributed by atoms with Gasteiger partial charge in [-0.3, -0.25) is 14.5 Å². The maximum atomic E-state index is 12.8. The Balaban J connectivity index is 1.25. The fourth-order valence-electron chi connectivity index (χ4n) is 3.96. The molecule has 170 valence electrons. The van der Waals surface area contributed by atoms with Crippen LogP contribution in [0.5, 0.6) is 11.5 Å². The Labute approximate surface area is 191 Å². The van der Waals surface area contributed by atoms with Crippen LogP contribution in [0.1, 0.15) is 15.9 Å². The molecule has 5 rings (SSSR count). The van der Waals surface area contributed by atoms with E-state index in [1.54, 1.807) is 12.3 Å². The van der Waals surface area contributed by atoms with Crippen molar-refractivity contribution in [3.05, 3.63) is 76.2 Å². The van der Waals surface area contributed by atoms with Gasteiger partial charge in [-0.1, -0.05) is 18.2 Å². The summed E-state index contributed by atoms with van der Waals surface area (Å²) in [6, 6.07) is 14.8. The molecule has 2 aromatic carbocycles. The minimum atomic E-state index is -0.458. The van der Waals surface area contributed by atoms with Crippen molar-refractivity contribution < 1.29 is 19.0 Å². The largest absolute Gasteiger partial charge is 0.454 e. The standard InChI is InChI=1S/C25H25N3O5/c29-24-21(13-19(15-26-24)18-3-6-22-23(14-18)33-16-32-22)25(30)27-20-4-1-17(2-5-20)7-8-28-9-11-31-12-10-28/h1-6,13-15H,7-12,16H2,(H,26,29)(H,27,30). The molecule has 1 saturated heterocycles. The number of aromatic amines is 1. The lowest BCUT2D eigenvalue weighted by Crippen LogP contribution is -2.37. The second-order valence-corrected chi connectivity index (χ2v) is 8.05. The highest BCUT2D eigenvalue weighted by Gasteiger charge is 2.17. The molecule has 1 aromatic heterocycles. The minimum Gasteiger partial charge on any atom is -0.454 e. The van der Waals surface area contributed by atoms with Crippen LogP contribution < -0.4 is 20.3 Å². The average Bonchev–Trinajstić information content (AvgIpc) is 3.32. The number of morpholine rings is 1. The van der Waals surface area contributed by atoms with E-state index >= 15 is 0 Å². The van der Waals surface area contributed by atoms with Gasteiger partial charge in [0, 0.05) is 31.5 Å². The Morgan fingerprint density at radius 1 is 0.970 bits per heavy atom. The molecule has 3 aromatic rings. The molecule has 3 heterocycles. The van der Waals surface area contributed by atoms with Crippen molar-refractivity contribution in [2.24, 2.45) is 0 Å². The molecule has 0 saturated carbocycles. The lowest BCUT2D eigenvalue weighted by Gasteiger charge is -2.26. The summed E-state index contributed by atoms with van der Waals surface area (Å²) in [6.45, 7) is 4.68. The first-order chi connectivity index (χ1) is 16.2. The molecule has 0 radical (unpaired) electrons. The summed E-state index contributed by atoms with van der Waals surface area (Å²) in [6.07, 6.45) is 2.52. The van der Waals surface area contributed by atoms with E-state index in [2.05, 4.69) is 15.2 Å². The Morgan fingerprint density at radius 3 is 2.58 bits per heavy atom. The second kappa shape index (κ2) is 9.48. The fourth-order valence-corrected chi connectivity index (χ4v) is 3.96. The van der Waals surface area contributed by atoms with Gasteiger partial charge in [0.2, 0.25) is 6.79 Å². The predicted octanol–water partition coefficient (Wildman–Crippen LogP) is 2.90. The van der Waals surface area contributed by atoms with E-state index in [-0.39, 0.29) is 12.4 Å². The molecule has 8 nitrogen and oxygen atoms in total. The van der Waals surface area contributed by atoms with E-state index in [1.807, 2.05) is 42.5 Å². The Hall–Kier alpha value is -3.62. The Kier molecular flexibility index (Phi) is 6.10. The van der Waals surface area contributed by atoms with Crippen LogP contribution in [0.15, 0.2) is 59.5 Å². The summed E-state index contributed by atoms with van der Waals surface area (Å²) in [7, 11) is 0. The molecule has 2 aliphatic rings. The Morgan fingerprint density at radius 2 is 1.76 bits per heavy atom. The van der Waals surface area contributed by atoms with Gasteiger partial charge in [-0.25, -0.2) is 0 Å². The third-order valence-corrected chi connectivity index (χ3v) is 5.89. The molecular weight excluding hydrogens is 422 g/mol. The van der Waals surface area contributed by atoms with Crippen LogP contribution in [-0.4, -0.2) is 55.4 Å². The first kappa shape index (κ1) is 21.2. The smallest absolute Gasteiger partial charge is 0.261 e. The van der Waals surface area contributed by atoms with Crippen molar-refractivity contribution in [3.8, 4) is 22.6 Å². The average molecular weight is 447 g/mol. The second-order valence-electron chi connectivity index (χ2n) is 8.05. The van der Waals surface area contributed by atoms with E-state index < -0.39 is 11.5 Å². The molecule has 0 aliphatic carbocycles. The maximum Gasteiger partial charge on any atom is 0.261 e. The highest BCUT2D eigenvalue weighted by molar-refractivity contribution is 6.04. The molecule has 8 heteroatoms. The number of H-pyrrole nitrogens is 1. The van der Waals surface area contributed by atoms with Crippen molar-refractivity contribution in [3.63, 3.8) is 0 Å². The van der Waals surface area contributed by atoms with E-state index in [4.69, 9.17) is 14.2 Å². The van der Waals surface area contributed by atoms with Crippen molar-refractivity contribution in [2.75, 3.05) is 45.0 Å². The van der Waals surface area contributed by atoms with Crippen LogP contribution in [0.3, 0.4) is 0 Å². The van der Waals surface area contributed by atoms with Crippen molar-refractivity contribution in [1.29, 1.82) is 0 Å². The zero-order valence-electron chi connectivity index (χ0n) is 18.1. The van der Waals surface area contributed by atoms with Crippen molar-refractivity contribution in [1.82, 2.24) is 9.88 Å². The molecule has 2 aliphatic heterocycles. The van der Waals surface area contributed by atoms with Gasteiger partial charge in [-0.15, -0.1) is 0 Å². The van der Waals surface area contributed by atoms with Gasteiger partial charge in [0.25, 0.3) is 11.5 Å². The number of nitrogens with zero attached hydrogens (tertiary/aromatic N) is 1. The molecule has 0 spiro atoms. The number of carbonyl (C=O) groups is 1. The molecular formula is C25H25N3O5. The first-order valence-electron chi connectivity index (χ1n) is 11.0. The number of fused-ring (bicyclic) bond motifs is 1. The summed E-state index contributed by atoms with van der Waals surface area (Å²) in [5, 5.41) is 2.82. The SMILES string of the molecule is O=C(Nc1ccc(CCN2CCOCC2)cc1)c1cc(-c2ccc3c(c2)OCO3)c[nH]c1=O. The molecule has 1 fully saturated rings. The number of hydrogen-bond donors (Lipinski definition) is 2. The molecule has 0 bridgehead atoms. The summed E-state index contributed by atoms with van der Waals surface area (Å²) in [4.78, 5) is 30.2. The quantitative estimate of drug-likeness (QED) is 0.604. The minimum absolute atomic E-state index is 0.0431. The van der Waals surface area contributed by atoms with Crippen LogP contribution >= 0.6 is 0 Å². The van der Waals surface area contributed by atoms with E-state index in [0.29, 0.717) is 22.7 Å². The zero-order valence-corrected chi connectivity index (χ0v) is 18.1. The summed E-state index contributed by atoms with van der Waals surface area (Å²) < 4.78 is 16.1. The van der Waals surface area contributed by atoms with E-state index in [1.165, 1.54) is 5.56 Å². The summed E-state index contributed by atoms with van der Waals surface area (Å²) >= 11 is 0. The van der Waals surface area contributed by atoms with Crippen molar-refractivity contribution >= 4 is 11.6 Å². The topological polar surface area (TPSA) is 92.9 Å². The number of amides is 1. The fraction of sp³-hybridized carbons (Fsp3) is 0.280. The maximum absolute atomic E-state index is 12.8. The number of rotatable bonds is 6. The van der Waals surface area contributed by atoms with Crippen LogP contribution in [0, 0.1) is 0 Å². The van der Waals surface area contributed by atoms with Gasteiger partial charge < -0.3 is 24.5 Å². The number of nitrogens with one attached hydrogen (secondary N) is 2. The lowest BCUT2D eigenvalue weighted by atomic mass is 10.0. The van der Waals surface area contributed by atoms with Gasteiger partial charge in [0.1, 0.15) is 5.56 Å². The van der Waals surface area contributed by atoms with Gasteiger partial charge >= 0.3 is 0 Å². The number of aromatic nitrogens is 1. The number of anilines is 1. The highest BCUT2D eigenvalue weighted by Crippen LogP contribution is 2.35. The van der Waals surface area contributed by atoms with Gasteiger partial charge in [0.15, 0.2) is 11.5 Å². The number of benzene rings is 2. The highest BCUT2D eigenvalue weighted by atomic mass is 16.7. The predicted molar refractivity (Wildman–Crippen MR) is 124 cm³/mol. The monoisotopic (exact) mass is 447 g/mol. The molecule has 33 heavy (non-hydrogen) atoms. The Bertz CT molecular complexity index is 1200. The summed E-state index contributed by atoms with van der Waals surface area (Å²) in [5.74, 6) is 0.854. The number of pyridine rings is 1. The number of carbonyl (C=O) groups excluding carboxylic acids is 1.